The molecule has 0 amide bonds. The minimum Gasteiger partial charge on any atom is -0.466 e. The van der Waals surface area contributed by atoms with E-state index in [-0.39, 0.29) is 25.9 Å². The first-order chi connectivity index (χ1) is 8.70. The molecule has 0 rings (SSSR count). The molecular weight excluding hydrogens is 271 g/mol. The van der Waals surface area contributed by atoms with Gasteiger partial charge in [-0.2, -0.15) is 22.0 Å². The first-order valence-corrected chi connectivity index (χ1v) is 6.31. The number of halogens is 5. The fourth-order valence-corrected chi connectivity index (χ4v) is 1.37. The van der Waals surface area contributed by atoms with Crippen molar-refractivity contribution in [1.82, 2.24) is 0 Å². The summed E-state index contributed by atoms with van der Waals surface area (Å²) < 4.78 is 65.1. The Bertz CT molecular complexity index is 263. The Balaban J connectivity index is 3.63. The van der Waals surface area contributed by atoms with E-state index < -0.39 is 24.5 Å². The molecule has 2 nitrogen and oxygen atoms in total. The van der Waals surface area contributed by atoms with E-state index >= 15 is 0 Å². The molecule has 0 saturated heterocycles. The summed E-state index contributed by atoms with van der Waals surface area (Å²) >= 11 is 0. The van der Waals surface area contributed by atoms with Gasteiger partial charge < -0.3 is 4.74 Å². The van der Waals surface area contributed by atoms with Gasteiger partial charge >= 0.3 is 18.1 Å². The summed E-state index contributed by atoms with van der Waals surface area (Å²) in [6, 6.07) is 0. The second-order valence-electron chi connectivity index (χ2n) is 4.34. The Morgan fingerprint density at radius 3 is 2.16 bits per heavy atom. The van der Waals surface area contributed by atoms with Crippen LogP contribution in [-0.2, 0) is 9.53 Å². The Hall–Kier alpha value is -0.880. The first kappa shape index (κ1) is 18.1. The maximum atomic E-state index is 12.5. The molecule has 0 spiro atoms. The number of rotatable bonds is 9. The van der Waals surface area contributed by atoms with E-state index in [1.165, 1.54) is 0 Å². The summed E-state index contributed by atoms with van der Waals surface area (Å²) in [5, 5.41) is 0. The number of alkyl halides is 5. The lowest BCUT2D eigenvalue weighted by Gasteiger charge is -2.19. The molecule has 0 aromatic carbocycles. The van der Waals surface area contributed by atoms with Gasteiger partial charge in [-0.15, -0.1) is 0 Å². The standard InChI is InChI=1S/C12H19F5O2/c1-2-3-4-7-10(18)19-9-6-5-8-11(13,14)12(15,16)17/h2-9H2,1H3. The maximum absolute atomic E-state index is 12.5. The van der Waals surface area contributed by atoms with Crippen LogP contribution in [0.5, 0.6) is 0 Å². The number of carbonyl (C=O) groups excluding carboxylic acids is 1. The average Bonchev–Trinajstić information content (AvgIpc) is 2.27. The summed E-state index contributed by atoms with van der Waals surface area (Å²) in [6.45, 7) is 1.87. The van der Waals surface area contributed by atoms with E-state index in [0.717, 1.165) is 12.8 Å². The van der Waals surface area contributed by atoms with Crippen LogP contribution in [0.15, 0.2) is 0 Å². The van der Waals surface area contributed by atoms with E-state index in [0.29, 0.717) is 6.42 Å². The Kier molecular flexibility index (Phi) is 7.94. The third-order valence-corrected chi connectivity index (χ3v) is 2.55. The molecule has 7 heteroatoms. The van der Waals surface area contributed by atoms with Crippen LogP contribution in [0.3, 0.4) is 0 Å². The highest BCUT2D eigenvalue weighted by Crippen LogP contribution is 2.38. The van der Waals surface area contributed by atoms with Crippen molar-refractivity contribution in [2.45, 2.75) is 64.0 Å². The van der Waals surface area contributed by atoms with Crippen molar-refractivity contribution in [1.29, 1.82) is 0 Å². The summed E-state index contributed by atoms with van der Waals surface area (Å²) in [5.41, 5.74) is 0. The van der Waals surface area contributed by atoms with E-state index in [4.69, 9.17) is 4.74 Å². The molecule has 0 unspecified atom stereocenters. The second-order valence-corrected chi connectivity index (χ2v) is 4.34. The van der Waals surface area contributed by atoms with Crippen molar-refractivity contribution >= 4 is 5.97 Å². The Morgan fingerprint density at radius 1 is 1.00 bits per heavy atom. The van der Waals surface area contributed by atoms with Gasteiger partial charge in [-0.25, -0.2) is 0 Å². The van der Waals surface area contributed by atoms with Crippen LogP contribution in [-0.4, -0.2) is 24.7 Å². The number of hydrogen-bond donors (Lipinski definition) is 0. The van der Waals surface area contributed by atoms with E-state index in [9.17, 15) is 26.7 Å². The van der Waals surface area contributed by atoms with Crippen molar-refractivity contribution in [3.63, 3.8) is 0 Å². The zero-order valence-electron chi connectivity index (χ0n) is 10.9. The van der Waals surface area contributed by atoms with Gasteiger partial charge in [0, 0.05) is 12.8 Å². The third kappa shape index (κ3) is 8.00. The van der Waals surface area contributed by atoms with Crippen molar-refractivity contribution in [2.75, 3.05) is 6.61 Å². The lowest BCUT2D eigenvalue weighted by atomic mass is 10.1. The fraction of sp³-hybridized carbons (Fsp3) is 0.917. The molecule has 0 bridgehead atoms. The average molecular weight is 290 g/mol. The topological polar surface area (TPSA) is 26.3 Å². The predicted molar refractivity (Wildman–Crippen MR) is 60.0 cm³/mol. The number of ether oxygens (including phenoxy) is 1. The van der Waals surface area contributed by atoms with E-state index in [1.54, 1.807) is 0 Å². The highest BCUT2D eigenvalue weighted by atomic mass is 19.4. The number of carbonyl (C=O) groups is 1. The van der Waals surface area contributed by atoms with Crippen LogP contribution < -0.4 is 0 Å². The number of unbranched alkanes of at least 4 members (excludes halogenated alkanes) is 3. The van der Waals surface area contributed by atoms with Crippen LogP contribution in [0.25, 0.3) is 0 Å². The van der Waals surface area contributed by atoms with Crippen LogP contribution >= 0.6 is 0 Å². The number of hydrogen-bond acceptors (Lipinski definition) is 2. The monoisotopic (exact) mass is 290 g/mol. The van der Waals surface area contributed by atoms with Gasteiger partial charge in [0.05, 0.1) is 6.61 Å². The van der Waals surface area contributed by atoms with Gasteiger partial charge in [0.2, 0.25) is 0 Å². The Morgan fingerprint density at radius 2 is 1.63 bits per heavy atom. The molecule has 0 radical (unpaired) electrons. The molecule has 19 heavy (non-hydrogen) atoms. The molecule has 0 fully saturated rings. The first-order valence-electron chi connectivity index (χ1n) is 6.31. The quantitative estimate of drug-likeness (QED) is 0.355. The van der Waals surface area contributed by atoms with Crippen molar-refractivity contribution < 1.29 is 31.5 Å². The Labute approximate surface area is 109 Å². The van der Waals surface area contributed by atoms with Crippen molar-refractivity contribution in [3.05, 3.63) is 0 Å². The molecule has 0 aliphatic carbocycles. The zero-order valence-corrected chi connectivity index (χ0v) is 10.9. The predicted octanol–water partition coefficient (Wildman–Crippen LogP) is 4.48. The molecule has 0 heterocycles. The molecule has 0 aliphatic heterocycles. The molecule has 0 saturated carbocycles. The summed E-state index contributed by atoms with van der Waals surface area (Å²) in [5.74, 6) is -5.10. The highest BCUT2D eigenvalue weighted by molar-refractivity contribution is 5.69. The minimum atomic E-state index is -5.51. The summed E-state index contributed by atoms with van der Waals surface area (Å²) in [7, 11) is 0. The molecule has 0 aromatic heterocycles. The highest BCUT2D eigenvalue weighted by Gasteiger charge is 2.56. The van der Waals surface area contributed by atoms with Crippen LogP contribution in [0.1, 0.15) is 51.9 Å². The molecule has 0 N–H and O–H groups in total. The largest absolute Gasteiger partial charge is 0.466 e. The van der Waals surface area contributed by atoms with Crippen molar-refractivity contribution in [3.8, 4) is 0 Å². The van der Waals surface area contributed by atoms with Crippen LogP contribution in [0.4, 0.5) is 22.0 Å². The van der Waals surface area contributed by atoms with Gasteiger partial charge in [0.15, 0.2) is 0 Å². The summed E-state index contributed by atoms with van der Waals surface area (Å²) in [6.07, 6.45) is -4.31. The van der Waals surface area contributed by atoms with Crippen molar-refractivity contribution in [2.24, 2.45) is 0 Å². The second kappa shape index (κ2) is 8.32. The van der Waals surface area contributed by atoms with E-state index in [1.807, 2.05) is 6.92 Å². The molecular formula is C12H19F5O2. The molecule has 114 valence electrons. The van der Waals surface area contributed by atoms with Gasteiger partial charge in [-0.05, 0) is 19.3 Å². The fourth-order valence-electron chi connectivity index (χ4n) is 1.37. The maximum Gasteiger partial charge on any atom is 0.453 e. The summed E-state index contributed by atoms with van der Waals surface area (Å²) in [4.78, 5) is 11.1. The molecule has 0 atom stereocenters. The van der Waals surface area contributed by atoms with Gasteiger partial charge in [-0.3, -0.25) is 4.79 Å². The SMILES string of the molecule is CCCCCC(=O)OCCCCC(F)(F)C(F)(F)F. The smallest absolute Gasteiger partial charge is 0.453 e. The van der Waals surface area contributed by atoms with Gasteiger partial charge in [0.25, 0.3) is 0 Å². The third-order valence-electron chi connectivity index (χ3n) is 2.55. The van der Waals surface area contributed by atoms with E-state index in [2.05, 4.69) is 0 Å². The van der Waals surface area contributed by atoms with Crippen LogP contribution in [0, 0.1) is 0 Å². The van der Waals surface area contributed by atoms with Gasteiger partial charge in [0.1, 0.15) is 0 Å². The van der Waals surface area contributed by atoms with Crippen LogP contribution in [0.2, 0.25) is 0 Å². The molecule has 0 aromatic rings. The minimum absolute atomic E-state index is 0.00515. The van der Waals surface area contributed by atoms with Gasteiger partial charge in [-0.1, -0.05) is 19.8 Å². The molecule has 0 aliphatic rings. The lowest BCUT2D eigenvalue weighted by molar-refractivity contribution is -0.284. The normalized spacial score (nSPS) is 12.5. The lowest BCUT2D eigenvalue weighted by Crippen LogP contribution is -2.36. The number of esters is 1. The zero-order chi connectivity index (χ0) is 14.9.